The number of nitrogens with two attached hydrogens (primary N) is 1. The zero-order chi connectivity index (χ0) is 29.0. The van der Waals surface area contributed by atoms with Crippen LogP contribution < -0.4 is 10.5 Å². The van der Waals surface area contributed by atoms with Gasteiger partial charge in [0.05, 0.1) is 17.0 Å². The summed E-state index contributed by atoms with van der Waals surface area (Å²) in [7, 11) is 0. The lowest BCUT2D eigenvalue weighted by Crippen LogP contribution is -2.39. The number of fused-ring (bicyclic) bond motifs is 1. The standard InChI is InChI=1S/C32H34N6O3/c1-4-40-32(2,3)17-23(18-33)31(39)38-16-8-9-24(38)19-37-20-27(28-29(34)35-21-36-30(28)37)22-12-14-26(15-13-22)41-25-10-6-5-7-11-25/h5-7,10-15,17,20-21,24H,4,8-9,16,19H2,1-3H3,(H2,34,35,36)/b23-17+/t24-/m0/s1. The van der Waals surface area contributed by atoms with Crippen molar-refractivity contribution in [2.75, 3.05) is 18.9 Å². The minimum Gasteiger partial charge on any atom is -0.457 e. The average Bonchev–Trinajstić information content (AvgIpc) is 3.58. The number of benzene rings is 2. The Morgan fingerprint density at radius 2 is 1.88 bits per heavy atom. The van der Waals surface area contributed by atoms with Crippen LogP contribution in [-0.2, 0) is 16.1 Å². The Morgan fingerprint density at radius 3 is 2.59 bits per heavy atom. The minimum absolute atomic E-state index is 0.0952. The highest BCUT2D eigenvalue weighted by Crippen LogP contribution is 2.35. The summed E-state index contributed by atoms with van der Waals surface area (Å²) < 4.78 is 13.7. The number of nitriles is 1. The maximum absolute atomic E-state index is 13.5. The predicted octanol–water partition coefficient (Wildman–Crippen LogP) is 5.73. The summed E-state index contributed by atoms with van der Waals surface area (Å²) in [5.74, 6) is 1.60. The van der Waals surface area contributed by atoms with Gasteiger partial charge in [0.25, 0.3) is 5.91 Å². The van der Waals surface area contributed by atoms with E-state index in [-0.39, 0.29) is 17.5 Å². The van der Waals surface area contributed by atoms with E-state index in [2.05, 4.69) is 16.0 Å². The topological polar surface area (TPSA) is 119 Å². The zero-order valence-corrected chi connectivity index (χ0v) is 23.6. The van der Waals surface area contributed by atoms with Crippen molar-refractivity contribution in [3.63, 3.8) is 0 Å². The molecule has 0 bridgehead atoms. The van der Waals surface area contributed by atoms with Crippen molar-refractivity contribution in [3.8, 4) is 28.7 Å². The second-order valence-corrected chi connectivity index (χ2v) is 10.6. The van der Waals surface area contributed by atoms with Crippen molar-refractivity contribution in [2.24, 2.45) is 0 Å². The number of rotatable bonds is 9. The van der Waals surface area contributed by atoms with Gasteiger partial charge in [0.2, 0.25) is 0 Å². The van der Waals surface area contributed by atoms with Gasteiger partial charge in [-0.15, -0.1) is 0 Å². The number of hydrogen-bond acceptors (Lipinski definition) is 7. The average molecular weight is 551 g/mol. The third-order valence-electron chi connectivity index (χ3n) is 7.23. The molecule has 0 unspecified atom stereocenters. The van der Waals surface area contributed by atoms with E-state index in [1.165, 1.54) is 6.33 Å². The van der Waals surface area contributed by atoms with E-state index in [0.717, 1.165) is 40.9 Å². The molecule has 3 heterocycles. The van der Waals surface area contributed by atoms with Crippen molar-refractivity contribution in [3.05, 3.63) is 78.8 Å². The molecule has 9 heteroatoms. The summed E-state index contributed by atoms with van der Waals surface area (Å²) in [6.45, 7) is 7.17. The number of carbonyl (C=O) groups is 1. The molecule has 1 fully saturated rings. The SMILES string of the molecule is CCOC(C)(C)/C=C(\C#N)C(=O)N1CCC[C@H]1Cn1cc(-c2ccc(Oc3ccccc3)cc2)c2c(N)ncnc21. The Bertz CT molecular complexity index is 1600. The summed E-state index contributed by atoms with van der Waals surface area (Å²) in [4.78, 5) is 24.1. The molecule has 1 atom stereocenters. The number of para-hydroxylation sites is 1. The van der Waals surface area contributed by atoms with E-state index >= 15 is 0 Å². The number of ether oxygens (including phenoxy) is 2. The minimum atomic E-state index is -0.716. The van der Waals surface area contributed by atoms with E-state index < -0.39 is 5.60 Å². The number of anilines is 1. The van der Waals surface area contributed by atoms with Gasteiger partial charge < -0.3 is 24.7 Å². The molecular weight excluding hydrogens is 516 g/mol. The smallest absolute Gasteiger partial charge is 0.264 e. The first kappa shape index (κ1) is 27.9. The van der Waals surface area contributed by atoms with Gasteiger partial charge >= 0.3 is 0 Å². The van der Waals surface area contributed by atoms with Crippen molar-refractivity contribution in [2.45, 2.75) is 51.8 Å². The van der Waals surface area contributed by atoms with Crippen LogP contribution in [0.15, 0.2) is 78.8 Å². The Balaban J connectivity index is 1.42. The second kappa shape index (κ2) is 11.8. The van der Waals surface area contributed by atoms with Crippen LogP contribution in [0.25, 0.3) is 22.2 Å². The first-order chi connectivity index (χ1) is 19.8. The molecule has 5 rings (SSSR count). The third-order valence-corrected chi connectivity index (χ3v) is 7.23. The molecule has 0 radical (unpaired) electrons. The molecule has 1 amide bonds. The van der Waals surface area contributed by atoms with Crippen molar-refractivity contribution in [1.29, 1.82) is 5.26 Å². The maximum Gasteiger partial charge on any atom is 0.264 e. The number of nitrogen functional groups attached to an aromatic ring is 1. The van der Waals surface area contributed by atoms with E-state index in [9.17, 15) is 10.1 Å². The fourth-order valence-electron chi connectivity index (χ4n) is 5.41. The molecule has 2 N–H and O–H groups in total. The van der Waals surface area contributed by atoms with Crippen LogP contribution in [0, 0.1) is 11.3 Å². The highest BCUT2D eigenvalue weighted by Gasteiger charge is 2.32. The second-order valence-electron chi connectivity index (χ2n) is 10.6. The number of nitrogens with zero attached hydrogens (tertiary/aromatic N) is 5. The van der Waals surface area contributed by atoms with Crippen LogP contribution in [0.2, 0.25) is 0 Å². The fraction of sp³-hybridized carbons (Fsp3) is 0.312. The van der Waals surface area contributed by atoms with E-state index in [4.69, 9.17) is 15.2 Å². The van der Waals surface area contributed by atoms with E-state index in [0.29, 0.717) is 31.2 Å². The predicted molar refractivity (Wildman–Crippen MR) is 158 cm³/mol. The molecular formula is C32H34N6O3. The Hall–Kier alpha value is -4.68. The number of aromatic nitrogens is 3. The van der Waals surface area contributed by atoms with Gasteiger partial charge in [0.15, 0.2) is 0 Å². The van der Waals surface area contributed by atoms with E-state index in [1.807, 2.05) is 86.1 Å². The lowest BCUT2D eigenvalue weighted by Gasteiger charge is -2.26. The zero-order valence-electron chi connectivity index (χ0n) is 23.6. The summed E-state index contributed by atoms with van der Waals surface area (Å²) in [5.41, 5.74) is 8.28. The van der Waals surface area contributed by atoms with Crippen LogP contribution in [0.5, 0.6) is 11.5 Å². The Labute approximate surface area is 239 Å². The van der Waals surface area contributed by atoms with Crippen LogP contribution >= 0.6 is 0 Å². The maximum atomic E-state index is 13.5. The molecule has 1 saturated heterocycles. The Morgan fingerprint density at radius 1 is 1.15 bits per heavy atom. The molecule has 210 valence electrons. The normalized spacial score (nSPS) is 15.7. The number of carbonyl (C=O) groups excluding carboxylic acids is 1. The van der Waals surface area contributed by atoms with Crippen LogP contribution in [0.1, 0.15) is 33.6 Å². The third kappa shape index (κ3) is 6.08. The number of amides is 1. The van der Waals surface area contributed by atoms with Gasteiger partial charge in [-0.25, -0.2) is 9.97 Å². The highest BCUT2D eigenvalue weighted by molar-refractivity contribution is 6.01. The fourth-order valence-corrected chi connectivity index (χ4v) is 5.41. The van der Waals surface area contributed by atoms with Gasteiger partial charge in [0.1, 0.15) is 40.9 Å². The Kier molecular flexibility index (Phi) is 8.04. The van der Waals surface area contributed by atoms with Crippen LogP contribution in [0.4, 0.5) is 5.82 Å². The summed E-state index contributed by atoms with van der Waals surface area (Å²) in [6.07, 6.45) is 6.77. The number of hydrogen-bond donors (Lipinski definition) is 1. The summed E-state index contributed by atoms with van der Waals surface area (Å²) in [5, 5.41) is 10.6. The molecule has 1 aliphatic heterocycles. The molecule has 0 saturated carbocycles. The van der Waals surface area contributed by atoms with Crippen LogP contribution in [-0.4, -0.2) is 50.1 Å². The van der Waals surface area contributed by atoms with Gasteiger partial charge in [-0.1, -0.05) is 30.3 Å². The molecule has 4 aromatic rings. The van der Waals surface area contributed by atoms with E-state index in [1.54, 1.807) is 11.0 Å². The first-order valence-corrected chi connectivity index (χ1v) is 13.8. The molecule has 0 spiro atoms. The summed E-state index contributed by atoms with van der Waals surface area (Å²) >= 11 is 0. The number of likely N-dealkylation sites (tertiary alicyclic amines) is 1. The van der Waals surface area contributed by atoms with Gasteiger partial charge in [-0.05, 0) is 69.5 Å². The molecule has 41 heavy (non-hydrogen) atoms. The van der Waals surface area contributed by atoms with Crippen molar-refractivity contribution in [1.82, 2.24) is 19.4 Å². The van der Waals surface area contributed by atoms with Gasteiger partial charge in [0, 0.05) is 31.5 Å². The molecule has 9 nitrogen and oxygen atoms in total. The van der Waals surface area contributed by atoms with Crippen molar-refractivity contribution >= 4 is 22.8 Å². The monoisotopic (exact) mass is 550 g/mol. The largest absolute Gasteiger partial charge is 0.457 e. The molecule has 2 aromatic carbocycles. The highest BCUT2D eigenvalue weighted by atomic mass is 16.5. The van der Waals surface area contributed by atoms with Crippen LogP contribution in [0.3, 0.4) is 0 Å². The molecule has 1 aliphatic rings. The van der Waals surface area contributed by atoms with Gasteiger partial charge in [-0.3, -0.25) is 4.79 Å². The van der Waals surface area contributed by atoms with Gasteiger partial charge in [-0.2, -0.15) is 5.26 Å². The van der Waals surface area contributed by atoms with Crippen molar-refractivity contribution < 1.29 is 14.3 Å². The first-order valence-electron chi connectivity index (χ1n) is 13.8. The molecule has 2 aromatic heterocycles. The lowest BCUT2D eigenvalue weighted by molar-refractivity contribution is -0.127. The molecule has 0 aliphatic carbocycles. The quantitative estimate of drug-likeness (QED) is 0.209. The summed E-state index contributed by atoms with van der Waals surface area (Å²) in [6, 6.07) is 19.4. The lowest BCUT2D eigenvalue weighted by atomic mass is 10.0.